The van der Waals surface area contributed by atoms with Crippen LogP contribution < -0.4 is 11.1 Å². The molecule has 0 bridgehead atoms. The molecule has 1 aliphatic carbocycles. The number of H-pyrrole nitrogens is 1. The minimum atomic E-state index is -4.64. The summed E-state index contributed by atoms with van der Waals surface area (Å²) >= 11 is 0. The van der Waals surface area contributed by atoms with Crippen LogP contribution in [0.5, 0.6) is 0 Å². The first-order chi connectivity index (χ1) is 13.3. The standard InChI is InChI=1S/C18H16F4N6/c19-11-5-3-10(4-6-11)15(18(20,21)22)25-17-24-8-12(16(23)26-17)14-7-13(27-28-14)9-1-2-9/h3-9,15H,1-2H2,(H,27,28)(H3,23,24,25,26). The van der Waals surface area contributed by atoms with Crippen molar-refractivity contribution in [3.63, 3.8) is 0 Å². The third-order valence-corrected chi connectivity index (χ3v) is 4.51. The molecule has 1 saturated carbocycles. The van der Waals surface area contributed by atoms with Gasteiger partial charge in [-0.25, -0.2) is 9.37 Å². The van der Waals surface area contributed by atoms with Crippen LogP contribution in [0.3, 0.4) is 0 Å². The summed E-state index contributed by atoms with van der Waals surface area (Å²) in [6, 6.07) is 3.77. The molecule has 2 heterocycles. The number of anilines is 2. The molecule has 0 spiro atoms. The van der Waals surface area contributed by atoms with Crippen LogP contribution in [0, 0.1) is 5.82 Å². The molecule has 3 aromatic rings. The summed E-state index contributed by atoms with van der Waals surface area (Å²) in [5, 5.41) is 9.33. The number of hydrogen-bond donors (Lipinski definition) is 3. The van der Waals surface area contributed by atoms with Gasteiger partial charge in [0.05, 0.1) is 11.3 Å². The summed E-state index contributed by atoms with van der Waals surface area (Å²) in [4.78, 5) is 7.90. The van der Waals surface area contributed by atoms with E-state index in [9.17, 15) is 17.6 Å². The van der Waals surface area contributed by atoms with Crippen molar-refractivity contribution >= 4 is 11.8 Å². The average Bonchev–Trinajstić information content (AvgIpc) is 3.38. The highest BCUT2D eigenvalue weighted by Gasteiger charge is 2.41. The Hall–Kier alpha value is -3.17. The molecular formula is C18H16F4N6. The van der Waals surface area contributed by atoms with Crippen molar-refractivity contribution in [2.75, 3.05) is 11.1 Å². The summed E-state index contributed by atoms with van der Waals surface area (Å²) in [5.41, 5.74) is 7.72. The zero-order valence-corrected chi connectivity index (χ0v) is 14.5. The maximum atomic E-state index is 13.5. The van der Waals surface area contributed by atoms with Gasteiger partial charge in [-0.05, 0) is 36.6 Å². The molecule has 1 aliphatic rings. The highest BCUT2D eigenvalue weighted by Crippen LogP contribution is 2.40. The summed E-state index contributed by atoms with van der Waals surface area (Å²) in [7, 11) is 0. The molecule has 0 saturated heterocycles. The number of benzene rings is 1. The third-order valence-electron chi connectivity index (χ3n) is 4.51. The Morgan fingerprint density at radius 2 is 1.89 bits per heavy atom. The van der Waals surface area contributed by atoms with Crippen molar-refractivity contribution in [1.82, 2.24) is 20.2 Å². The van der Waals surface area contributed by atoms with Gasteiger partial charge in [-0.15, -0.1) is 0 Å². The quantitative estimate of drug-likeness (QED) is 0.567. The van der Waals surface area contributed by atoms with Crippen LogP contribution in [0.2, 0.25) is 0 Å². The Labute approximate surface area is 157 Å². The molecule has 4 rings (SSSR count). The fourth-order valence-electron chi connectivity index (χ4n) is 2.88. The first kappa shape index (κ1) is 18.2. The van der Waals surface area contributed by atoms with Crippen molar-refractivity contribution in [3.05, 3.63) is 53.6 Å². The number of nitrogens with zero attached hydrogens (tertiary/aromatic N) is 3. The van der Waals surface area contributed by atoms with Gasteiger partial charge in [-0.2, -0.15) is 23.3 Å². The summed E-state index contributed by atoms with van der Waals surface area (Å²) in [6.45, 7) is 0. The Balaban J connectivity index is 1.59. The lowest BCUT2D eigenvalue weighted by Gasteiger charge is -2.22. The number of nitrogens with two attached hydrogens (primary N) is 1. The van der Waals surface area contributed by atoms with Crippen molar-refractivity contribution < 1.29 is 17.6 Å². The van der Waals surface area contributed by atoms with Crippen LogP contribution in [0.4, 0.5) is 29.3 Å². The van der Waals surface area contributed by atoms with Gasteiger partial charge in [-0.3, -0.25) is 5.10 Å². The fraction of sp³-hybridized carbons (Fsp3) is 0.278. The number of rotatable bonds is 5. The van der Waals surface area contributed by atoms with Crippen molar-refractivity contribution in [2.45, 2.75) is 31.0 Å². The van der Waals surface area contributed by atoms with E-state index in [-0.39, 0.29) is 17.3 Å². The van der Waals surface area contributed by atoms with Crippen molar-refractivity contribution in [1.29, 1.82) is 0 Å². The summed E-state index contributed by atoms with van der Waals surface area (Å²) in [5.74, 6) is -0.441. The van der Waals surface area contributed by atoms with E-state index in [0.29, 0.717) is 17.2 Å². The van der Waals surface area contributed by atoms with E-state index in [4.69, 9.17) is 5.73 Å². The van der Waals surface area contributed by atoms with Gasteiger partial charge >= 0.3 is 6.18 Å². The van der Waals surface area contributed by atoms with Crippen LogP contribution in [-0.4, -0.2) is 26.3 Å². The minimum Gasteiger partial charge on any atom is -0.383 e. The van der Waals surface area contributed by atoms with E-state index < -0.39 is 18.0 Å². The number of hydrogen-bond acceptors (Lipinski definition) is 5. The van der Waals surface area contributed by atoms with E-state index in [0.717, 1.165) is 42.8 Å². The van der Waals surface area contributed by atoms with Crippen molar-refractivity contribution in [2.24, 2.45) is 0 Å². The monoisotopic (exact) mass is 392 g/mol. The van der Waals surface area contributed by atoms with Crippen LogP contribution >= 0.6 is 0 Å². The van der Waals surface area contributed by atoms with E-state index in [1.54, 1.807) is 0 Å². The number of nitrogen functional groups attached to an aromatic ring is 1. The Morgan fingerprint density at radius 3 is 2.50 bits per heavy atom. The molecule has 4 N–H and O–H groups in total. The summed E-state index contributed by atoms with van der Waals surface area (Å²) < 4.78 is 53.4. The maximum Gasteiger partial charge on any atom is 0.412 e. The zero-order chi connectivity index (χ0) is 19.9. The molecule has 1 unspecified atom stereocenters. The van der Waals surface area contributed by atoms with Gasteiger partial charge in [0.1, 0.15) is 11.6 Å². The minimum absolute atomic E-state index is 0.00591. The maximum absolute atomic E-state index is 13.5. The highest BCUT2D eigenvalue weighted by molar-refractivity contribution is 5.71. The second kappa shape index (κ2) is 6.77. The van der Waals surface area contributed by atoms with Gasteiger partial charge in [-0.1, -0.05) is 12.1 Å². The normalized spacial score (nSPS) is 15.4. The van der Waals surface area contributed by atoms with Crippen LogP contribution in [0.25, 0.3) is 11.3 Å². The lowest BCUT2D eigenvalue weighted by molar-refractivity contribution is -0.144. The number of aromatic nitrogens is 4. The number of alkyl halides is 3. The largest absolute Gasteiger partial charge is 0.412 e. The predicted octanol–water partition coefficient (Wildman–Crippen LogP) is 4.18. The SMILES string of the molecule is Nc1nc(NC(c2ccc(F)cc2)C(F)(F)F)ncc1-c1cc(C2CC2)[nH]n1. The number of nitrogens with one attached hydrogen (secondary N) is 2. The molecule has 10 heteroatoms. The molecule has 0 radical (unpaired) electrons. The predicted molar refractivity (Wildman–Crippen MR) is 94.8 cm³/mol. The number of aromatic amines is 1. The van der Waals surface area contributed by atoms with Crippen LogP contribution in [0.1, 0.15) is 36.1 Å². The Morgan fingerprint density at radius 1 is 1.18 bits per heavy atom. The topological polar surface area (TPSA) is 92.5 Å². The molecule has 0 aliphatic heterocycles. The van der Waals surface area contributed by atoms with E-state index in [1.165, 1.54) is 6.20 Å². The first-order valence-corrected chi connectivity index (χ1v) is 8.58. The molecular weight excluding hydrogens is 376 g/mol. The molecule has 6 nitrogen and oxygen atoms in total. The lowest BCUT2D eigenvalue weighted by atomic mass is 10.1. The zero-order valence-electron chi connectivity index (χ0n) is 14.5. The molecule has 1 atom stereocenters. The Bertz CT molecular complexity index is 978. The van der Waals surface area contributed by atoms with E-state index in [1.807, 2.05) is 6.07 Å². The van der Waals surface area contributed by atoms with Gasteiger partial charge in [0.25, 0.3) is 0 Å². The number of halogens is 4. The highest BCUT2D eigenvalue weighted by atomic mass is 19.4. The summed E-state index contributed by atoms with van der Waals surface area (Å²) in [6.07, 6.45) is -1.12. The second-order valence-electron chi connectivity index (χ2n) is 6.65. The van der Waals surface area contributed by atoms with E-state index >= 15 is 0 Å². The fourth-order valence-corrected chi connectivity index (χ4v) is 2.88. The Kier molecular flexibility index (Phi) is 4.40. The van der Waals surface area contributed by atoms with Crippen molar-refractivity contribution in [3.8, 4) is 11.3 Å². The smallest absolute Gasteiger partial charge is 0.383 e. The van der Waals surface area contributed by atoms with Crippen LogP contribution in [-0.2, 0) is 0 Å². The molecule has 2 aromatic heterocycles. The van der Waals surface area contributed by atoms with E-state index in [2.05, 4.69) is 25.5 Å². The average molecular weight is 392 g/mol. The van der Waals surface area contributed by atoms with Gasteiger partial charge in [0.15, 0.2) is 6.04 Å². The molecule has 146 valence electrons. The molecule has 28 heavy (non-hydrogen) atoms. The molecule has 1 fully saturated rings. The van der Waals surface area contributed by atoms with Gasteiger partial charge in [0, 0.05) is 17.8 Å². The van der Waals surface area contributed by atoms with Gasteiger partial charge < -0.3 is 11.1 Å². The third kappa shape index (κ3) is 3.75. The molecule has 0 amide bonds. The molecule has 1 aromatic carbocycles. The van der Waals surface area contributed by atoms with Crippen LogP contribution in [0.15, 0.2) is 36.5 Å². The first-order valence-electron chi connectivity index (χ1n) is 8.58. The second-order valence-corrected chi connectivity index (χ2v) is 6.65. The lowest BCUT2D eigenvalue weighted by Crippen LogP contribution is -2.28. The van der Waals surface area contributed by atoms with Gasteiger partial charge in [0.2, 0.25) is 5.95 Å².